The van der Waals surface area contributed by atoms with Gasteiger partial charge >= 0.3 is 6.03 Å². The molecule has 2 fully saturated rings. The lowest BCUT2D eigenvalue weighted by atomic mass is 10.00. The van der Waals surface area contributed by atoms with Crippen molar-refractivity contribution < 1.29 is 17.9 Å². The number of methoxy groups -OCH3 is 1. The van der Waals surface area contributed by atoms with Gasteiger partial charge in [-0.3, -0.25) is 0 Å². The molecule has 2 heterocycles. The largest absolute Gasteiger partial charge is 0.497 e. The summed E-state index contributed by atoms with van der Waals surface area (Å²) in [7, 11) is -2.02. The van der Waals surface area contributed by atoms with Gasteiger partial charge in [-0.05, 0) is 62.1 Å². The number of ether oxygens (including phenoxy) is 1. The van der Waals surface area contributed by atoms with Gasteiger partial charge in [0, 0.05) is 23.8 Å². The van der Waals surface area contributed by atoms with E-state index in [0.717, 1.165) is 18.5 Å². The third-order valence-electron chi connectivity index (χ3n) is 5.67. The lowest BCUT2D eigenvalue weighted by Crippen LogP contribution is -2.52. The molecule has 0 aliphatic carbocycles. The topological polar surface area (TPSA) is 87.7 Å². The van der Waals surface area contributed by atoms with E-state index in [9.17, 15) is 13.2 Å². The second-order valence-corrected chi connectivity index (χ2v) is 9.37. The third kappa shape index (κ3) is 4.09. The molecule has 0 unspecified atom stereocenters. The molecule has 2 saturated heterocycles. The molecular formula is C21H25N3O4S. The number of nitrogens with one attached hydrogen (secondary N) is 2. The van der Waals surface area contributed by atoms with Gasteiger partial charge in [0.15, 0.2) is 0 Å². The zero-order chi connectivity index (χ0) is 20.4. The van der Waals surface area contributed by atoms with Crippen LogP contribution in [0.5, 0.6) is 5.75 Å². The maximum absolute atomic E-state index is 13.2. The van der Waals surface area contributed by atoms with Crippen molar-refractivity contribution in [3.63, 3.8) is 0 Å². The van der Waals surface area contributed by atoms with Crippen LogP contribution in [0.25, 0.3) is 0 Å². The lowest BCUT2D eigenvalue weighted by Gasteiger charge is -2.38. The summed E-state index contributed by atoms with van der Waals surface area (Å²) in [5.41, 5.74) is 0.729. The van der Waals surface area contributed by atoms with Crippen molar-refractivity contribution in [1.29, 1.82) is 0 Å². The number of para-hydroxylation sites is 1. The number of nitrogens with zero attached hydrogens (tertiary/aromatic N) is 1. The summed E-state index contributed by atoms with van der Waals surface area (Å²) in [5.74, 6) is 0.624. The highest BCUT2D eigenvalue weighted by molar-refractivity contribution is 7.89. The van der Waals surface area contributed by atoms with Crippen LogP contribution in [-0.4, -0.2) is 44.0 Å². The van der Waals surface area contributed by atoms with Crippen molar-refractivity contribution in [1.82, 2.24) is 9.62 Å². The minimum atomic E-state index is -3.57. The first kappa shape index (κ1) is 19.7. The second-order valence-electron chi connectivity index (χ2n) is 7.53. The Bertz CT molecular complexity index is 949. The highest BCUT2D eigenvalue weighted by Gasteiger charge is 2.47. The van der Waals surface area contributed by atoms with Crippen LogP contribution in [0.1, 0.15) is 25.7 Å². The molecule has 2 aliphatic rings. The summed E-state index contributed by atoms with van der Waals surface area (Å²) >= 11 is 0. The van der Waals surface area contributed by atoms with Gasteiger partial charge in [0.1, 0.15) is 5.75 Å². The number of anilines is 1. The highest BCUT2D eigenvalue weighted by atomic mass is 32.2. The summed E-state index contributed by atoms with van der Waals surface area (Å²) in [6, 6.07) is 15.3. The molecule has 2 aromatic rings. The van der Waals surface area contributed by atoms with E-state index in [0.29, 0.717) is 18.6 Å². The van der Waals surface area contributed by atoms with E-state index in [-0.39, 0.29) is 29.1 Å². The van der Waals surface area contributed by atoms with Crippen LogP contribution < -0.4 is 15.4 Å². The smallest absolute Gasteiger partial charge is 0.319 e. The van der Waals surface area contributed by atoms with Crippen LogP contribution >= 0.6 is 0 Å². The fourth-order valence-corrected chi connectivity index (χ4v) is 6.28. The fourth-order valence-electron chi connectivity index (χ4n) is 4.39. The van der Waals surface area contributed by atoms with Crippen molar-refractivity contribution in [3.8, 4) is 5.75 Å². The fraction of sp³-hybridized carbons (Fsp3) is 0.381. The van der Waals surface area contributed by atoms with E-state index in [1.165, 1.54) is 0 Å². The number of piperidine rings is 1. The molecule has 0 saturated carbocycles. The predicted octanol–water partition coefficient (Wildman–Crippen LogP) is 3.20. The normalized spacial score (nSPS) is 24.1. The van der Waals surface area contributed by atoms with Gasteiger partial charge in [0.2, 0.25) is 10.0 Å². The Morgan fingerprint density at radius 3 is 2.21 bits per heavy atom. The first-order valence-electron chi connectivity index (χ1n) is 9.77. The third-order valence-corrected chi connectivity index (χ3v) is 7.69. The highest BCUT2D eigenvalue weighted by Crippen LogP contribution is 2.40. The first-order chi connectivity index (χ1) is 14.0. The van der Waals surface area contributed by atoms with Gasteiger partial charge in [0.05, 0.1) is 12.0 Å². The van der Waals surface area contributed by atoms with Gasteiger partial charge in [-0.2, -0.15) is 4.31 Å². The SMILES string of the molecule is COc1ccc(S(=O)(=O)N2[C@@H]3CC[C@@H]2CC(NC(=O)Nc2ccccc2)C3)cc1. The van der Waals surface area contributed by atoms with Gasteiger partial charge in [0.25, 0.3) is 0 Å². The Balaban J connectivity index is 1.42. The number of hydrogen-bond acceptors (Lipinski definition) is 4. The van der Waals surface area contributed by atoms with E-state index in [1.54, 1.807) is 35.7 Å². The average Bonchev–Trinajstić information content (AvgIpc) is 3.01. The molecule has 2 amide bonds. The molecular weight excluding hydrogens is 390 g/mol. The van der Waals surface area contributed by atoms with Gasteiger partial charge in [-0.1, -0.05) is 18.2 Å². The number of carbonyl (C=O) groups excluding carboxylic acids is 1. The molecule has 4 rings (SSSR count). The van der Waals surface area contributed by atoms with Crippen LogP contribution in [0.4, 0.5) is 10.5 Å². The zero-order valence-electron chi connectivity index (χ0n) is 16.2. The first-order valence-corrected chi connectivity index (χ1v) is 11.2. The van der Waals surface area contributed by atoms with Gasteiger partial charge in [-0.15, -0.1) is 0 Å². The van der Waals surface area contributed by atoms with Gasteiger partial charge in [-0.25, -0.2) is 13.2 Å². The summed E-state index contributed by atoms with van der Waals surface area (Å²) in [6.07, 6.45) is 2.87. The summed E-state index contributed by atoms with van der Waals surface area (Å²) in [6.45, 7) is 0. The van der Waals surface area contributed by atoms with E-state index in [2.05, 4.69) is 10.6 Å². The van der Waals surface area contributed by atoms with Crippen molar-refractivity contribution >= 4 is 21.7 Å². The Labute approximate surface area is 171 Å². The number of hydrogen-bond donors (Lipinski definition) is 2. The van der Waals surface area contributed by atoms with E-state index < -0.39 is 10.0 Å². The molecule has 0 aromatic heterocycles. The quantitative estimate of drug-likeness (QED) is 0.785. The number of amides is 2. The number of benzene rings is 2. The summed E-state index contributed by atoms with van der Waals surface area (Å²) in [5, 5.41) is 5.83. The molecule has 2 atom stereocenters. The summed E-state index contributed by atoms with van der Waals surface area (Å²) < 4.78 is 33.2. The van der Waals surface area contributed by atoms with Crippen molar-refractivity contribution in [2.75, 3.05) is 12.4 Å². The number of rotatable bonds is 5. The molecule has 2 aromatic carbocycles. The Morgan fingerprint density at radius 1 is 1.00 bits per heavy atom. The molecule has 0 spiro atoms. The monoisotopic (exact) mass is 415 g/mol. The zero-order valence-corrected chi connectivity index (χ0v) is 17.1. The lowest BCUT2D eigenvalue weighted by molar-refractivity contribution is 0.203. The Kier molecular flexibility index (Phi) is 5.47. The number of sulfonamides is 1. The van der Waals surface area contributed by atoms with E-state index in [4.69, 9.17) is 4.74 Å². The molecule has 8 heteroatoms. The molecule has 0 radical (unpaired) electrons. The number of urea groups is 1. The van der Waals surface area contributed by atoms with Crippen LogP contribution in [0, 0.1) is 0 Å². The van der Waals surface area contributed by atoms with Crippen LogP contribution in [-0.2, 0) is 10.0 Å². The molecule has 2 N–H and O–H groups in total. The maximum atomic E-state index is 13.2. The van der Waals surface area contributed by atoms with Crippen LogP contribution in [0.2, 0.25) is 0 Å². The maximum Gasteiger partial charge on any atom is 0.319 e. The minimum absolute atomic E-state index is 0.0430. The van der Waals surface area contributed by atoms with Crippen molar-refractivity contribution in [2.45, 2.75) is 48.7 Å². The van der Waals surface area contributed by atoms with E-state index >= 15 is 0 Å². The summed E-state index contributed by atoms with van der Waals surface area (Å²) in [4.78, 5) is 12.6. The van der Waals surface area contributed by atoms with Crippen LogP contribution in [0.3, 0.4) is 0 Å². The molecule has 2 bridgehead atoms. The second kappa shape index (κ2) is 8.04. The Morgan fingerprint density at radius 2 is 1.62 bits per heavy atom. The Hall–Kier alpha value is -2.58. The molecule has 7 nitrogen and oxygen atoms in total. The van der Waals surface area contributed by atoms with Crippen LogP contribution in [0.15, 0.2) is 59.5 Å². The van der Waals surface area contributed by atoms with Crippen molar-refractivity contribution in [3.05, 3.63) is 54.6 Å². The predicted molar refractivity (Wildman–Crippen MR) is 110 cm³/mol. The average molecular weight is 416 g/mol. The standard InChI is InChI=1S/C21H25N3O4S/c1-28-19-9-11-20(12-10-19)29(26,27)24-17-7-8-18(24)14-16(13-17)23-21(25)22-15-5-3-2-4-6-15/h2-6,9-12,16-18H,7-8,13-14H2,1H3,(H2,22,23,25)/t17-,18-/m1/s1. The van der Waals surface area contributed by atoms with Gasteiger partial charge < -0.3 is 15.4 Å². The minimum Gasteiger partial charge on any atom is -0.497 e. The molecule has 154 valence electrons. The molecule has 2 aliphatic heterocycles. The molecule has 29 heavy (non-hydrogen) atoms. The van der Waals surface area contributed by atoms with E-state index in [1.807, 2.05) is 30.3 Å². The number of carbonyl (C=O) groups is 1. The van der Waals surface area contributed by atoms with Crippen molar-refractivity contribution in [2.24, 2.45) is 0 Å². The number of fused-ring (bicyclic) bond motifs is 2.